The van der Waals surface area contributed by atoms with E-state index in [1.54, 1.807) is 30.3 Å². The minimum Gasteiger partial charge on any atom is -0.469 e. The van der Waals surface area contributed by atoms with Crippen LogP contribution in [0.15, 0.2) is 17.5 Å². The fourth-order valence-electron chi connectivity index (χ4n) is 2.00. The van der Waals surface area contributed by atoms with Crippen LogP contribution in [0.2, 0.25) is 0 Å². The maximum Gasteiger partial charge on any atom is 0.310 e. The SMILES string of the molecule is COCCCN(CC(C)C(=O)OC)C(=O)Cc1cccs1. The molecular weight excluding hydrogens is 290 g/mol. The Balaban J connectivity index is 2.61. The first-order valence-electron chi connectivity index (χ1n) is 6.95. The van der Waals surface area contributed by atoms with Crippen molar-refractivity contribution in [1.82, 2.24) is 4.90 Å². The van der Waals surface area contributed by atoms with Crippen LogP contribution in [-0.2, 0) is 25.5 Å². The molecule has 1 heterocycles. The zero-order valence-electron chi connectivity index (χ0n) is 12.8. The number of amides is 1. The van der Waals surface area contributed by atoms with E-state index in [4.69, 9.17) is 9.47 Å². The number of hydrogen-bond donors (Lipinski definition) is 0. The lowest BCUT2D eigenvalue weighted by Crippen LogP contribution is -2.39. The molecule has 118 valence electrons. The molecule has 6 heteroatoms. The van der Waals surface area contributed by atoms with Crippen LogP contribution in [0.3, 0.4) is 0 Å². The smallest absolute Gasteiger partial charge is 0.310 e. The predicted octanol–water partition coefficient (Wildman–Crippen LogP) is 1.96. The summed E-state index contributed by atoms with van der Waals surface area (Å²) in [6.07, 6.45) is 1.12. The van der Waals surface area contributed by atoms with Crippen LogP contribution >= 0.6 is 11.3 Å². The summed E-state index contributed by atoms with van der Waals surface area (Å²) in [4.78, 5) is 26.7. The van der Waals surface area contributed by atoms with Crippen molar-refractivity contribution in [3.8, 4) is 0 Å². The number of nitrogens with zero attached hydrogens (tertiary/aromatic N) is 1. The molecule has 21 heavy (non-hydrogen) atoms. The Kier molecular flexibility index (Phi) is 8.00. The van der Waals surface area contributed by atoms with Crippen molar-refractivity contribution in [2.75, 3.05) is 33.9 Å². The van der Waals surface area contributed by atoms with Crippen molar-refractivity contribution in [3.63, 3.8) is 0 Å². The first-order chi connectivity index (χ1) is 10.1. The lowest BCUT2D eigenvalue weighted by Gasteiger charge is -2.25. The van der Waals surface area contributed by atoms with Gasteiger partial charge in [0.15, 0.2) is 0 Å². The van der Waals surface area contributed by atoms with Crippen LogP contribution in [-0.4, -0.2) is 50.7 Å². The van der Waals surface area contributed by atoms with Crippen LogP contribution in [0.1, 0.15) is 18.2 Å². The third kappa shape index (κ3) is 6.27. The average molecular weight is 313 g/mol. The molecule has 0 fully saturated rings. The molecule has 1 aromatic rings. The van der Waals surface area contributed by atoms with E-state index in [1.165, 1.54) is 7.11 Å². The number of ether oxygens (including phenoxy) is 2. The van der Waals surface area contributed by atoms with Gasteiger partial charge in [0.2, 0.25) is 5.91 Å². The summed E-state index contributed by atoms with van der Waals surface area (Å²) >= 11 is 1.56. The Morgan fingerprint density at radius 2 is 2.14 bits per heavy atom. The first kappa shape index (κ1) is 17.7. The number of carbonyl (C=O) groups is 2. The van der Waals surface area contributed by atoms with Gasteiger partial charge in [0.25, 0.3) is 0 Å². The van der Waals surface area contributed by atoms with Gasteiger partial charge in [0.05, 0.1) is 19.4 Å². The molecule has 0 aliphatic rings. The number of hydrogen-bond acceptors (Lipinski definition) is 5. The first-order valence-corrected chi connectivity index (χ1v) is 7.83. The minimum absolute atomic E-state index is 0.0318. The maximum atomic E-state index is 12.4. The summed E-state index contributed by atoms with van der Waals surface area (Å²) in [7, 11) is 3.00. The second kappa shape index (κ2) is 9.52. The molecule has 0 spiro atoms. The fraction of sp³-hybridized carbons (Fsp3) is 0.600. The number of esters is 1. The standard InChI is InChI=1S/C15H23NO4S/c1-12(15(18)20-3)11-16(7-5-8-19-2)14(17)10-13-6-4-9-21-13/h4,6,9,12H,5,7-8,10-11H2,1-3H3. The fourth-order valence-corrected chi connectivity index (χ4v) is 2.69. The lowest BCUT2D eigenvalue weighted by atomic mass is 10.1. The largest absolute Gasteiger partial charge is 0.469 e. The molecule has 0 saturated heterocycles. The Bertz CT molecular complexity index is 433. The van der Waals surface area contributed by atoms with Crippen molar-refractivity contribution in [2.45, 2.75) is 19.8 Å². The van der Waals surface area contributed by atoms with Gasteiger partial charge >= 0.3 is 5.97 Å². The van der Waals surface area contributed by atoms with E-state index in [9.17, 15) is 9.59 Å². The van der Waals surface area contributed by atoms with E-state index in [2.05, 4.69) is 0 Å². The molecule has 0 aliphatic carbocycles. The maximum absolute atomic E-state index is 12.4. The van der Waals surface area contributed by atoms with Gasteiger partial charge in [-0.15, -0.1) is 11.3 Å². The van der Waals surface area contributed by atoms with Crippen molar-refractivity contribution >= 4 is 23.2 Å². The highest BCUT2D eigenvalue weighted by atomic mass is 32.1. The van der Waals surface area contributed by atoms with Gasteiger partial charge in [-0.25, -0.2) is 0 Å². The van der Waals surface area contributed by atoms with Crippen molar-refractivity contribution in [3.05, 3.63) is 22.4 Å². The zero-order valence-corrected chi connectivity index (χ0v) is 13.6. The van der Waals surface area contributed by atoms with E-state index >= 15 is 0 Å². The summed E-state index contributed by atoms with van der Waals surface area (Å²) < 4.78 is 9.75. The highest BCUT2D eigenvalue weighted by Gasteiger charge is 2.21. The summed E-state index contributed by atoms with van der Waals surface area (Å²) in [6, 6.07) is 3.87. The number of carbonyl (C=O) groups excluding carboxylic acids is 2. The van der Waals surface area contributed by atoms with Crippen molar-refractivity contribution < 1.29 is 19.1 Å². The molecule has 1 unspecified atom stereocenters. The summed E-state index contributed by atoms with van der Waals surface area (Å²) in [6.45, 7) is 3.32. The molecule has 1 amide bonds. The third-order valence-electron chi connectivity index (χ3n) is 3.13. The Morgan fingerprint density at radius 1 is 1.38 bits per heavy atom. The van der Waals surface area contributed by atoms with E-state index in [0.29, 0.717) is 26.1 Å². The van der Waals surface area contributed by atoms with Crippen LogP contribution < -0.4 is 0 Å². The van der Waals surface area contributed by atoms with E-state index in [0.717, 1.165) is 11.3 Å². The molecule has 0 radical (unpaired) electrons. The molecule has 1 rings (SSSR count). The van der Waals surface area contributed by atoms with E-state index < -0.39 is 0 Å². The Morgan fingerprint density at radius 3 is 2.71 bits per heavy atom. The Labute approximate surface area is 129 Å². The topological polar surface area (TPSA) is 55.8 Å². The summed E-state index contributed by atoms with van der Waals surface area (Å²) in [5.74, 6) is -0.593. The number of rotatable bonds is 9. The molecule has 0 aliphatic heterocycles. The minimum atomic E-state index is -0.329. The van der Waals surface area contributed by atoms with E-state index in [1.807, 2.05) is 17.5 Å². The van der Waals surface area contributed by atoms with Crippen LogP contribution in [0.5, 0.6) is 0 Å². The van der Waals surface area contributed by atoms with Crippen LogP contribution in [0.25, 0.3) is 0 Å². The predicted molar refractivity (Wildman–Crippen MR) is 82.3 cm³/mol. The molecule has 1 atom stereocenters. The Hall–Kier alpha value is -1.40. The highest BCUT2D eigenvalue weighted by Crippen LogP contribution is 2.12. The highest BCUT2D eigenvalue weighted by molar-refractivity contribution is 7.10. The van der Waals surface area contributed by atoms with Crippen LogP contribution in [0, 0.1) is 5.92 Å². The second-order valence-electron chi connectivity index (χ2n) is 4.87. The molecule has 0 aromatic carbocycles. The molecule has 0 saturated carbocycles. The van der Waals surface area contributed by atoms with Gasteiger partial charge in [0.1, 0.15) is 0 Å². The van der Waals surface area contributed by atoms with Gasteiger partial charge in [-0.1, -0.05) is 13.0 Å². The molecule has 0 bridgehead atoms. The second-order valence-corrected chi connectivity index (χ2v) is 5.90. The average Bonchev–Trinajstić information content (AvgIpc) is 2.98. The van der Waals surface area contributed by atoms with Gasteiger partial charge in [-0.3, -0.25) is 9.59 Å². The van der Waals surface area contributed by atoms with Crippen molar-refractivity contribution in [2.24, 2.45) is 5.92 Å². The summed E-state index contributed by atoms with van der Waals surface area (Å²) in [5, 5.41) is 1.95. The van der Waals surface area contributed by atoms with Gasteiger partial charge < -0.3 is 14.4 Å². The summed E-state index contributed by atoms with van der Waals surface area (Å²) in [5.41, 5.74) is 0. The monoisotopic (exact) mass is 313 g/mol. The normalized spacial score (nSPS) is 12.0. The quantitative estimate of drug-likeness (QED) is 0.516. The van der Waals surface area contributed by atoms with Crippen LogP contribution in [0.4, 0.5) is 0 Å². The van der Waals surface area contributed by atoms with Gasteiger partial charge in [0, 0.05) is 31.7 Å². The molecular formula is C15H23NO4S. The number of methoxy groups -OCH3 is 2. The number of thiophene rings is 1. The van der Waals surface area contributed by atoms with E-state index in [-0.39, 0.29) is 17.8 Å². The molecule has 0 N–H and O–H groups in total. The van der Waals surface area contributed by atoms with Gasteiger partial charge in [-0.05, 0) is 17.9 Å². The van der Waals surface area contributed by atoms with Gasteiger partial charge in [-0.2, -0.15) is 0 Å². The zero-order chi connectivity index (χ0) is 15.7. The molecule has 5 nitrogen and oxygen atoms in total. The molecule has 1 aromatic heterocycles. The third-order valence-corrected chi connectivity index (χ3v) is 4.01. The lowest BCUT2D eigenvalue weighted by molar-refractivity contribution is -0.146. The van der Waals surface area contributed by atoms with Crippen molar-refractivity contribution in [1.29, 1.82) is 0 Å².